The van der Waals surface area contributed by atoms with Crippen LogP contribution in [0.2, 0.25) is 0 Å². The minimum absolute atomic E-state index is 0.0190. The van der Waals surface area contributed by atoms with Crippen molar-refractivity contribution in [1.82, 2.24) is 14.3 Å². The first kappa shape index (κ1) is 16.8. The molecule has 2 aromatic rings. The molecular formula is C17H21N3O3S. The first-order valence-corrected chi connectivity index (χ1v) is 9.21. The number of aromatic nitrogens is 2. The highest BCUT2D eigenvalue weighted by molar-refractivity contribution is 7.99. The number of likely N-dealkylation sites (tertiary alicyclic amines) is 1. The Hall–Kier alpha value is -2.02. The summed E-state index contributed by atoms with van der Waals surface area (Å²) in [6, 6.07) is 4.01. The van der Waals surface area contributed by atoms with E-state index in [1.807, 2.05) is 35.9 Å². The van der Waals surface area contributed by atoms with Gasteiger partial charge in [-0.3, -0.25) is 9.59 Å². The number of hydrogen-bond donors (Lipinski definition) is 1. The van der Waals surface area contributed by atoms with Gasteiger partial charge < -0.3 is 14.4 Å². The van der Waals surface area contributed by atoms with Crippen molar-refractivity contribution in [1.29, 1.82) is 0 Å². The predicted octanol–water partition coefficient (Wildman–Crippen LogP) is 2.20. The molecule has 24 heavy (non-hydrogen) atoms. The van der Waals surface area contributed by atoms with E-state index in [2.05, 4.69) is 4.98 Å². The Bertz CT molecular complexity index is 759. The maximum atomic E-state index is 12.3. The highest BCUT2D eigenvalue weighted by Crippen LogP contribution is 2.19. The average Bonchev–Trinajstić information content (AvgIpc) is 2.96. The molecule has 6 nitrogen and oxygen atoms in total. The molecule has 1 N–H and O–H groups in total. The van der Waals surface area contributed by atoms with Gasteiger partial charge >= 0.3 is 5.97 Å². The number of carboxylic acid groups (broad SMARTS) is 1. The van der Waals surface area contributed by atoms with Crippen molar-refractivity contribution < 1.29 is 14.7 Å². The fourth-order valence-corrected chi connectivity index (χ4v) is 3.77. The van der Waals surface area contributed by atoms with Gasteiger partial charge in [0.1, 0.15) is 5.65 Å². The number of carbonyl (C=O) groups excluding carboxylic acids is 1. The van der Waals surface area contributed by atoms with Gasteiger partial charge in [0.25, 0.3) is 0 Å². The van der Waals surface area contributed by atoms with Crippen LogP contribution < -0.4 is 0 Å². The molecule has 0 aromatic carbocycles. The molecule has 1 unspecified atom stereocenters. The van der Waals surface area contributed by atoms with Crippen LogP contribution in [-0.4, -0.2) is 50.1 Å². The number of imidazole rings is 1. The van der Waals surface area contributed by atoms with Gasteiger partial charge in [-0.25, -0.2) is 4.98 Å². The maximum Gasteiger partial charge on any atom is 0.308 e. The number of amides is 1. The zero-order valence-corrected chi connectivity index (χ0v) is 14.5. The van der Waals surface area contributed by atoms with Gasteiger partial charge in [0.15, 0.2) is 0 Å². The summed E-state index contributed by atoms with van der Waals surface area (Å²) in [5.74, 6) is -0.179. The van der Waals surface area contributed by atoms with Gasteiger partial charge in [-0.1, -0.05) is 6.07 Å². The number of nitrogens with zero attached hydrogens (tertiary/aromatic N) is 3. The minimum atomic E-state index is -0.805. The van der Waals surface area contributed by atoms with E-state index >= 15 is 0 Å². The van der Waals surface area contributed by atoms with Gasteiger partial charge in [0, 0.05) is 31.2 Å². The molecule has 1 saturated heterocycles. The van der Waals surface area contributed by atoms with Gasteiger partial charge in [-0.15, -0.1) is 11.8 Å². The summed E-state index contributed by atoms with van der Waals surface area (Å²) in [6.45, 7) is 3.04. The number of piperidine rings is 1. The van der Waals surface area contributed by atoms with Crippen molar-refractivity contribution in [3.63, 3.8) is 0 Å². The Morgan fingerprint density at radius 2 is 2.21 bits per heavy atom. The largest absolute Gasteiger partial charge is 0.481 e. The Labute approximate surface area is 144 Å². The molecule has 3 rings (SSSR count). The van der Waals surface area contributed by atoms with E-state index in [1.54, 1.807) is 4.90 Å². The van der Waals surface area contributed by atoms with Crippen molar-refractivity contribution in [2.45, 2.75) is 25.5 Å². The van der Waals surface area contributed by atoms with E-state index in [0.717, 1.165) is 17.8 Å². The number of thioether (sulfide) groups is 1. The summed E-state index contributed by atoms with van der Waals surface area (Å²) in [4.78, 5) is 29.6. The number of aryl methyl sites for hydroxylation is 1. The lowest BCUT2D eigenvalue weighted by Crippen LogP contribution is -2.43. The Kier molecular flexibility index (Phi) is 5.08. The molecule has 0 saturated carbocycles. The molecule has 1 amide bonds. The molecule has 2 aromatic heterocycles. The molecule has 0 spiro atoms. The van der Waals surface area contributed by atoms with Gasteiger partial charge in [0.05, 0.1) is 17.4 Å². The second-order valence-electron chi connectivity index (χ2n) is 6.21. The van der Waals surface area contributed by atoms with E-state index in [-0.39, 0.29) is 5.91 Å². The summed E-state index contributed by atoms with van der Waals surface area (Å²) < 4.78 is 2.00. The molecule has 0 aliphatic carbocycles. The average molecular weight is 347 g/mol. The lowest BCUT2D eigenvalue weighted by Gasteiger charge is -2.30. The molecule has 0 radical (unpaired) electrons. The van der Waals surface area contributed by atoms with Crippen LogP contribution in [0.4, 0.5) is 0 Å². The minimum Gasteiger partial charge on any atom is -0.481 e. The fourth-order valence-electron chi connectivity index (χ4n) is 2.96. The third-order valence-electron chi connectivity index (χ3n) is 4.25. The zero-order chi connectivity index (χ0) is 17.1. The van der Waals surface area contributed by atoms with E-state index in [0.29, 0.717) is 31.0 Å². The number of hydrogen-bond acceptors (Lipinski definition) is 4. The Balaban J connectivity index is 1.51. The van der Waals surface area contributed by atoms with Crippen molar-refractivity contribution in [2.24, 2.45) is 5.92 Å². The van der Waals surface area contributed by atoms with E-state index in [1.165, 1.54) is 17.3 Å². The van der Waals surface area contributed by atoms with Crippen LogP contribution in [0.3, 0.4) is 0 Å². The second kappa shape index (κ2) is 7.25. The predicted molar refractivity (Wildman–Crippen MR) is 93.0 cm³/mol. The molecule has 1 aliphatic heterocycles. The number of rotatable bonds is 5. The van der Waals surface area contributed by atoms with Crippen LogP contribution in [0.25, 0.3) is 5.65 Å². The summed E-state index contributed by atoms with van der Waals surface area (Å²) in [7, 11) is 0. The molecule has 7 heteroatoms. The van der Waals surface area contributed by atoms with Crippen LogP contribution >= 0.6 is 11.8 Å². The summed E-state index contributed by atoms with van der Waals surface area (Å²) in [5.41, 5.74) is 3.02. The van der Waals surface area contributed by atoms with Crippen molar-refractivity contribution in [2.75, 3.05) is 18.8 Å². The lowest BCUT2D eigenvalue weighted by molar-refractivity contribution is -0.145. The first-order valence-electron chi connectivity index (χ1n) is 8.05. The molecule has 1 atom stereocenters. The number of aliphatic carboxylic acids is 1. The Morgan fingerprint density at radius 1 is 1.38 bits per heavy atom. The number of pyridine rings is 1. The SMILES string of the molecule is Cc1ccc2nc(CSCC(=O)N3CCCC(C(=O)O)C3)cn2c1. The van der Waals surface area contributed by atoms with Gasteiger partial charge in [0.2, 0.25) is 5.91 Å². The maximum absolute atomic E-state index is 12.3. The third kappa shape index (κ3) is 3.90. The van der Waals surface area contributed by atoms with E-state index in [4.69, 9.17) is 5.11 Å². The number of carboxylic acids is 1. The Morgan fingerprint density at radius 3 is 3.00 bits per heavy atom. The summed E-state index contributed by atoms with van der Waals surface area (Å²) >= 11 is 1.52. The van der Waals surface area contributed by atoms with Crippen LogP contribution in [0.1, 0.15) is 24.1 Å². The fraction of sp³-hybridized carbons (Fsp3) is 0.471. The highest BCUT2D eigenvalue weighted by Gasteiger charge is 2.27. The highest BCUT2D eigenvalue weighted by atomic mass is 32.2. The lowest BCUT2D eigenvalue weighted by atomic mass is 9.98. The van der Waals surface area contributed by atoms with Crippen molar-refractivity contribution in [3.8, 4) is 0 Å². The molecule has 0 bridgehead atoms. The zero-order valence-electron chi connectivity index (χ0n) is 13.6. The van der Waals surface area contributed by atoms with Crippen LogP contribution in [-0.2, 0) is 15.3 Å². The van der Waals surface area contributed by atoms with Crippen LogP contribution in [0, 0.1) is 12.8 Å². The van der Waals surface area contributed by atoms with Gasteiger partial charge in [-0.05, 0) is 31.4 Å². The topological polar surface area (TPSA) is 74.9 Å². The molecule has 128 valence electrons. The van der Waals surface area contributed by atoms with Crippen molar-refractivity contribution >= 4 is 29.3 Å². The third-order valence-corrected chi connectivity index (χ3v) is 5.20. The quantitative estimate of drug-likeness (QED) is 0.897. The standard InChI is InChI=1S/C17H21N3O3S/c1-12-4-5-15-18-14(9-20(15)7-12)10-24-11-16(21)19-6-2-3-13(8-19)17(22)23/h4-5,7,9,13H,2-3,6,8,10-11H2,1H3,(H,22,23). The van der Waals surface area contributed by atoms with Gasteiger partial charge in [-0.2, -0.15) is 0 Å². The van der Waals surface area contributed by atoms with Crippen LogP contribution in [0.15, 0.2) is 24.5 Å². The molecule has 1 aliphatic rings. The monoisotopic (exact) mass is 347 g/mol. The molecule has 3 heterocycles. The van der Waals surface area contributed by atoms with E-state index < -0.39 is 11.9 Å². The normalized spacial score (nSPS) is 18.0. The van der Waals surface area contributed by atoms with E-state index in [9.17, 15) is 9.59 Å². The number of fused-ring (bicyclic) bond motifs is 1. The molecular weight excluding hydrogens is 326 g/mol. The smallest absolute Gasteiger partial charge is 0.308 e. The second-order valence-corrected chi connectivity index (χ2v) is 7.20. The summed E-state index contributed by atoms with van der Waals surface area (Å²) in [6.07, 6.45) is 5.44. The number of carbonyl (C=O) groups is 2. The van der Waals surface area contributed by atoms with Crippen molar-refractivity contribution in [3.05, 3.63) is 35.8 Å². The molecule has 1 fully saturated rings. The van der Waals surface area contributed by atoms with Crippen LogP contribution in [0.5, 0.6) is 0 Å². The first-order chi connectivity index (χ1) is 11.5. The summed E-state index contributed by atoms with van der Waals surface area (Å²) in [5, 5.41) is 9.10.